The van der Waals surface area contributed by atoms with Crippen molar-refractivity contribution in [1.29, 1.82) is 0 Å². The SMILES string of the molecule is Cc1cccc2c1nc(CCl)n2C1CCN2CCCC2C1. The van der Waals surface area contributed by atoms with Crippen LogP contribution in [-0.2, 0) is 5.88 Å². The minimum Gasteiger partial charge on any atom is -0.324 e. The molecule has 4 heteroatoms. The highest BCUT2D eigenvalue weighted by Gasteiger charge is 2.33. The summed E-state index contributed by atoms with van der Waals surface area (Å²) in [6, 6.07) is 7.81. The number of aryl methyl sites for hydroxylation is 1. The first-order valence-corrected chi connectivity index (χ1v) is 8.58. The van der Waals surface area contributed by atoms with Crippen LogP contribution in [0.4, 0.5) is 0 Å². The molecule has 112 valence electrons. The molecule has 0 spiro atoms. The lowest BCUT2D eigenvalue weighted by Crippen LogP contribution is -2.38. The van der Waals surface area contributed by atoms with E-state index in [0.717, 1.165) is 17.4 Å². The Balaban J connectivity index is 1.77. The molecule has 1 aromatic heterocycles. The van der Waals surface area contributed by atoms with Crippen LogP contribution in [0.3, 0.4) is 0 Å². The fourth-order valence-electron chi connectivity index (χ4n) is 4.24. The quantitative estimate of drug-likeness (QED) is 0.785. The zero-order valence-electron chi connectivity index (χ0n) is 12.6. The van der Waals surface area contributed by atoms with Crippen molar-refractivity contribution in [3.63, 3.8) is 0 Å². The maximum atomic E-state index is 6.19. The van der Waals surface area contributed by atoms with E-state index in [-0.39, 0.29) is 0 Å². The van der Waals surface area contributed by atoms with Crippen LogP contribution < -0.4 is 0 Å². The zero-order valence-corrected chi connectivity index (χ0v) is 13.3. The summed E-state index contributed by atoms with van der Waals surface area (Å²) < 4.78 is 2.44. The predicted molar refractivity (Wildman–Crippen MR) is 86.9 cm³/mol. The van der Waals surface area contributed by atoms with Crippen LogP contribution >= 0.6 is 11.6 Å². The van der Waals surface area contributed by atoms with E-state index in [9.17, 15) is 0 Å². The first-order chi connectivity index (χ1) is 10.3. The largest absolute Gasteiger partial charge is 0.324 e. The van der Waals surface area contributed by atoms with Gasteiger partial charge in [-0.1, -0.05) is 12.1 Å². The zero-order chi connectivity index (χ0) is 14.4. The Morgan fingerprint density at radius 2 is 2.14 bits per heavy atom. The van der Waals surface area contributed by atoms with Gasteiger partial charge in [0.2, 0.25) is 0 Å². The number of nitrogens with zero attached hydrogens (tertiary/aromatic N) is 3. The minimum atomic E-state index is 0.499. The summed E-state index contributed by atoms with van der Waals surface area (Å²) in [7, 11) is 0. The molecule has 1 aromatic carbocycles. The number of hydrogen-bond acceptors (Lipinski definition) is 2. The molecule has 0 amide bonds. The van der Waals surface area contributed by atoms with Gasteiger partial charge < -0.3 is 9.47 Å². The van der Waals surface area contributed by atoms with Gasteiger partial charge in [-0.2, -0.15) is 0 Å². The van der Waals surface area contributed by atoms with E-state index in [1.54, 1.807) is 0 Å². The lowest BCUT2D eigenvalue weighted by atomic mass is 9.97. The molecule has 2 fully saturated rings. The highest BCUT2D eigenvalue weighted by Crippen LogP contribution is 2.36. The number of benzene rings is 1. The normalized spacial score (nSPS) is 26.4. The summed E-state index contributed by atoms with van der Waals surface area (Å²) in [5.74, 6) is 1.54. The topological polar surface area (TPSA) is 21.1 Å². The van der Waals surface area contributed by atoms with Crippen LogP contribution in [0, 0.1) is 6.92 Å². The van der Waals surface area contributed by atoms with Gasteiger partial charge >= 0.3 is 0 Å². The van der Waals surface area contributed by atoms with Crippen molar-refractivity contribution in [3.8, 4) is 0 Å². The molecule has 2 aromatic rings. The lowest BCUT2D eigenvalue weighted by molar-refractivity contribution is 0.156. The van der Waals surface area contributed by atoms with Crippen molar-refractivity contribution in [3.05, 3.63) is 29.6 Å². The molecule has 2 aliphatic heterocycles. The van der Waals surface area contributed by atoms with Crippen LogP contribution in [0.5, 0.6) is 0 Å². The molecule has 0 saturated carbocycles. The van der Waals surface area contributed by atoms with Crippen molar-refractivity contribution in [2.24, 2.45) is 0 Å². The summed E-state index contributed by atoms with van der Waals surface area (Å²) in [5.41, 5.74) is 3.64. The second-order valence-electron chi connectivity index (χ2n) is 6.48. The fraction of sp³-hybridized carbons (Fsp3) is 0.588. The van der Waals surface area contributed by atoms with Gasteiger partial charge in [-0.25, -0.2) is 4.98 Å². The minimum absolute atomic E-state index is 0.499. The lowest BCUT2D eigenvalue weighted by Gasteiger charge is -2.36. The standard InChI is InChI=1S/C17H22ClN3/c1-12-4-2-6-15-17(12)19-16(11-18)21(15)14-7-9-20-8-3-5-13(20)10-14/h2,4,6,13-14H,3,5,7-11H2,1H3. The maximum absolute atomic E-state index is 6.19. The van der Waals surface area contributed by atoms with Crippen molar-refractivity contribution in [2.75, 3.05) is 13.1 Å². The van der Waals surface area contributed by atoms with E-state index in [1.807, 2.05) is 0 Å². The molecule has 4 rings (SSSR count). The van der Waals surface area contributed by atoms with Gasteiger partial charge in [0.1, 0.15) is 5.82 Å². The molecule has 3 nitrogen and oxygen atoms in total. The van der Waals surface area contributed by atoms with Crippen molar-refractivity contribution in [2.45, 2.75) is 50.6 Å². The number of para-hydroxylation sites is 1. The smallest absolute Gasteiger partial charge is 0.125 e. The summed E-state index contributed by atoms with van der Waals surface area (Å²) >= 11 is 6.19. The Labute approximate surface area is 130 Å². The number of fused-ring (bicyclic) bond motifs is 2. The van der Waals surface area contributed by atoms with Crippen molar-refractivity contribution in [1.82, 2.24) is 14.5 Å². The summed E-state index contributed by atoms with van der Waals surface area (Å²) in [4.78, 5) is 7.48. The van der Waals surface area contributed by atoms with Gasteiger partial charge in [0, 0.05) is 18.6 Å². The number of rotatable bonds is 2. The van der Waals surface area contributed by atoms with Crippen LogP contribution in [-0.4, -0.2) is 33.6 Å². The Morgan fingerprint density at radius 1 is 1.24 bits per heavy atom. The van der Waals surface area contributed by atoms with Gasteiger partial charge in [-0.3, -0.25) is 0 Å². The van der Waals surface area contributed by atoms with Crippen LogP contribution in [0.15, 0.2) is 18.2 Å². The third-order valence-electron chi connectivity index (χ3n) is 5.27. The summed E-state index contributed by atoms with van der Waals surface area (Å²) in [6.07, 6.45) is 5.20. The van der Waals surface area contributed by atoms with E-state index in [0.29, 0.717) is 11.9 Å². The Hall–Kier alpha value is -1.06. The molecular weight excluding hydrogens is 282 g/mol. The number of halogens is 1. The summed E-state index contributed by atoms with van der Waals surface area (Å²) in [5, 5.41) is 0. The second kappa shape index (κ2) is 5.29. The highest BCUT2D eigenvalue weighted by atomic mass is 35.5. The second-order valence-corrected chi connectivity index (χ2v) is 6.75. The van der Waals surface area contributed by atoms with Crippen LogP contribution in [0.2, 0.25) is 0 Å². The Kier molecular flexibility index (Phi) is 3.43. The number of aromatic nitrogens is 2. The maximum Gasteiger partial charge on any atom is 0.125 e. The van der Waals surface area contributed by atoms with Crippen LogP contribution in [0.25, 0.3) is 11.0 Å². The number of imidazole rings is 1. The number of hydrogen-bond donors (Lipinski definition) is 0. The number of alkyl halides is 1. The first kappa shape index (κ1) is 13.6. The van der Waals surface area contributed by atoms with Gasteiger partial charge in [0.25, 0.3) is 0 Å². The molecule has 0 aliphatic carbocycles. The van der Waals surface area contributed by atoms with Gasteiger partial charge in [-0.15, -0.1) is 11.6 Å². The molecule has 0 radical (unpaired) electrons. The summed E-state index contributed by atoms with van der Waals surface area (Å²) in [6.45, 7) is 4.66. The average Bonchev–Trinajstić information content (AvgIpc) is 3.10. The molecule has 2 atom stereocenters. The number of piperidine rings is 1. The molecule has 3 heterocycles. The van der Waals surface area contributed by atoms with Gasteiger partial charge in [-0.05, 0) is 50.8 Å². The highest BCUT2D eigenvalue weighted by molar-refractivity contribution is 6.16. The van der Waals surface area contributed by atoms with Crippen LogP contribution in [0.1, 0.15) is 43.1 Å². The molecule has 2 aliphatic rings. The molecule has 2 saturated heterocycles. The van der Waals surface area contributed by atoms with E-state index in [1.165, 1.54) is 49.9 Å². The van der Waals surface area contributed by atoms with E-state index >= 15 is 0 Å². The van der Waals surface area contributed by atoms with E-state index in [2.05, 4.69) is 34.6 Å². The third kappa shape index (κ3) is 2.18. The Bertz CT molecular complexity index is 663. The van der Waals surface area contributed by atoms with Gasteiger partial charge in [0.15, 0.2) is 0 Å². The molecule has 2 unspecified atom stereocenters. The average molecular weight is 304 g/mol. The van der Waals surface area contributed by atoms with Crippen molar-refractivity contribution < 1.29 is 0 Å². The first-order valence-electron chi connectivity index (χ1n) is 8.04. The van der Waals surface area contributed by atoms with Crippen molar-refractivity contribution >= 4 is 22.6 Å². The fourth-order valence-corrected chi connectivity index (χ4v) is 4.43. The molecule has 21 heavy (non-hydrogen) atoms. The third-order valence-corrected chi connectivity index (χ3v) is 5.51. The van der Waals surface area contributed by atoms with Gasteiger partial charge in [0.05, 0.1) is 16.9 Å². The molecular formula is C17H22ClN3. The Morgan fingerprint density at radius 3 is 3.00 bits per heavy atom. The van der Waals surface area contributed by atoms with E-state index < -0.39 is 0 Å². The van der Waals surface area contributed by atoms with E-state index in [4.69, 9.17) is 16.6 Å². The predicted octanol–water partition coefficient (Wildman–Crippen LogP) is 3.88. The monoisotopic (exact) mass is 303 g/mol. The molecule has 0 N–H and O–H groups in total. The molecule has 0 bridgehead atoms.